The van der Waals surface area contributed by atoms with E-state index in [4.69, 9.17) is 23.2 Å². The number of hydrogen-bond donors (Lipinski definition) is 0. The summed E-state index contributed by atoms with van der Waals surface area (Å²) in [7, 11) is 1.75. The van der Waals surface area contributed by atoms with Gasteiger partial charge in [-0.05, 0) is 35.0 Å². The number of aromatic nitrogens is 1. The molecule has 0 bridgehead atoms. The number of thiazole rings is 1. The van der Waals surface area contributed by atoms with Crippen molar-refractivity contribution in [1.82, 2.24) is 4.68 Å². The Labute approximate surface area is 145 Å². The normalized spacial score (nSPS) is 12.4. The van der Waals surface area contributed by atoms with Crippen LogP contribution in [0.4, 0.5) is 0 Å². The summed E-state index contributed by atoms with van der Waals surface area (Å²) < 4.78 is 1.79. The molecule has 0 unspecified atom stereocenters. The molecule has 2 heterocycles. The highest BCUT2D eigenvalue weighted by atomic mass is 35.5. The van der Waals surface area contributed by atoms with Gasteiger partial charge in [-0.3, -0.25) is 4.99 Å². The maximum Gasteiger partial charge on any atom is 0.205 e. The maximum absolute atomic E-state index is 6.31. The Hall–Kier alpha value is -1.40. The molecule has 22 heavy (non-hydrogen) atoms. The first kappa shape index (κ1) is 15.5. The molecule has 0 saturated heterocycles. The molecule has 3 rings (SSSR count). The molecular weight excluding hydrogens is 357 g/mol. The van der Waals surface area contributed by atoms with Crippen molar-refractivity contribution in [3.8, 4) is 11.3 Å². The summed E-state index contributed by atoms with van der Waals surface area (Å²) in [6.45, 7) is 0. The van der Waals surface area contributed by atoms with Crippen molar-refractivity contribution in [2.45, 2.75) is 0 Å². The van der Waals surface area contributed by atoms with E-state index in [0.29, 0.717) is 10.0 Å². The summed E-state index contributed by atoms with van der Waals surface area (Å²) in [6, 6.07) is 7.45. The molecule has 0 atom stereocenters. The minimum absolute atomic E-state index is 0.590. The summed E-state index contributed by atoms with van der Waals surface area (Å²) in [5, 5.41) is 11.8. The molecule has 0 radical (unpaired) electrons. The smallest absolute Gasteiger partial charge is 0.205 e. The average Bonchev–Trinajstić information content (AvgIpc) is 3.14. The summed E-state index contributed by atoms with van der Waals surface area (Å²) in [5.74, 6) is 0. The van der Waals surface area contributed by atoms with Crippen LogP contribution in [-0.2, 0) is 0 Å². The third-order valence-corrected chi connectivity index (χ3v) is 5.11. The van der Waals surface area contributed by atoms with E-state index in [2.05, 4.69) is 10.1 Å². The zero-order valence-corrected chi connectivity index (χ0v) is 14.7. The zero-order chi connectivity index (χ0) is 15.5. The van der Waals surface area contributed by atoms with Gasteiger partial charge < -0.3 is 0 Å². The van der Waals surface area contributed by atoms with Crippen LogP contribution >= 0.6 is 45.9 Å². The fourth-order valence-corrected chi connectivity index (χ4v) is 3.83. The Morgan fingerprint density at radius 3 is 2.73 bits per heavy atom. The molecule has 0 spiro atoms. The van der Waals surface area contributed by atoms with Gasteiger partial charge in [-0.15, -0.1) is 11.3 Å². The predicted octanol–water partition coefficient (Wildman–Crippen LogP) is 5.00. The van der Waals surface area contributed by atoms with Gasteiger partial charge in [-0.1, -0.05) is 23.2 Å². The van der Waals surface area contributed by atoms with E-state index in [1.165, 1.54) is 11.3 Å². The number of benzene rings is 1. The van der Waals surface area contributed by atoms with Crippen LogP contribution in [0.25, 0.3) is 11.3 Å². The van der Waals surface area contributed by atoms with Crippen LogP contribution in [0.15, 0.2) is 50.5 Å². The first-order chi connectivity index (χ1) is 10.7. The van der Waals surface area contributed by atoms with Crippen molar-refractivity contribution in [2.75, 3.05) is 7.05 Å². The second-order valence-corrected chi connectivity index (χ2v) is 6.82. The predicted molar refractivity (Wildman–Crippen MR) is 96.6 cm³/mol. The lowest BCUT2D eigenvalue weighted by Crippen LogP contribution is -2.11. The molecule has 3 nitrogen and oxygen atoms in total. The summed E-state index contributed by atoms with van der Waals surface area (Å²) >= 11 is 15.4. The van der Waals surface area contributed by atoms with Gasteiger partial charge >= 0.3 is 0 Å². The van der Waals surface area contributed by atoms with E-state index in [0.717, 1.165) is 21.6 Å². The third kappa shape index (κ3) is 3.17. The van der Waals surface area contributed by atoms with Crippen molar-refractivity contribution >= 4 is 52.1 Å². The van der Waals surface area contributed by atoms with Gasteiger partial charge in [0.05, 0.1) is 16.9 Å². The second-order valence-electron chi connectivity index (χ2n) is 4.36. The third-order valence-electron chi connectivity index (χ3n) is 2.95. The number of nitrogens with zero attached hydrogens (tertiary/aromatic N) is 3. The lowest BCUT2D eigenvalue weighted by Gasteiger charge is -2.05. The first-order valence-electron chi connectivity index (χ1n) is 6.34. The van der Waals surface area contributed by atoms with Gasteiger partial charge in [-0.2, -0.15) is 16.4 Å². The highest BCUT2D eigenvalue weighted by Crippen LogP contribution is 2.30. The summed E-state index contributed by atoms with van der Waals surface area (Å²) in [6.07, 6.45) is 1.81. The molecule has 0 aliphatic carbocycles. The molecule has 112 valence electrons. The average molecular weight is 368 g/mol. The Morgan fingerprint density at radius 2 is 2.05 bits per heavy atom. The van der Waals surface area contributed by atoms with Crippen LogP contribution in [0.1, 0.15) is 5.56 Å². The number of thiophene rings is 1. The topological polar surface area (TPSA) is 29.6 Å². The van der Waals surface area contributed by atoms with Gasteiger partial charge in [0.1, 0.15) is 0 Å². The Kier molecular flexibility index (Phi) is 4.78. The summed E-state index contributed by atoms with van der Waals surface area (Å²) in [5.41, 5.74) is 2.82. The number of halogens is 2. The molecule has 0 fully saturated rings. The molecule has 0 N–H and O–H groups in total. The Balaban J connectivity index is 2.11. The zero-order valence-electron chi connectivity index (χ0n) is 11.5. The fraction of sp³-hybridized carbons (Fsp3) is 0.0667. The lowest BCUT2D eigenvalue weighted by molar-refractivity contribution is 0.848. The van der Waals surface area contributed by atoms with Gasteiger partial charge in [0.2, 0.25) is 4.80 Å². The van der Waals surface area contributed by atoms with Gasteiger partial charge in [0, 0.05) is 28.6 Å². The van der Waals surface area contributed by atoms with E-state index >= 15 is 0 Å². The van der Waals surface area contributed by atoms with Gasteiger partial charge in [0.15, 0.2) is 0 Å². The molecule has 0 aliphatic heterocycles. The lowest BCUT2D eigenvalue weighted by atomic mass is 10.2. The summed E-state index contributed by atoms with van der Waals surface area (Å²) in [4.78, 5) is 5.06. The van der Waals surface area contributed by atoms with Crippen molar-refractivity contribution < 1.29 is 0 Å². The van der Waals surface area contributed by atoms with Crippen LogP contribution in [0.5, 0.6) is 0 Å². The molecule has 0 aliphatic rings. The number of hydrogen-bond acceptors (Lipinski definition) is 4. The highest BCUT2D eigenvalue weighted by molar-refractivity contribution is 7.08. The molecule has 1 aromatic carbocycles. The van der Waals surface area contributed by atoms with Crippen molar-refractivity contribution in [2.24, 2.45) is 10.1 Å². The van der Waals surface area contributed by atoms with E-state index in [1.807, 2.05) is 40.6 Å². The van der Waals surface area contributed by atoms with Crippen molar-refractivity contribution in [3.63, 3.8) is 0 Å². The van der Waals surface area contributed by atoms with Crippen molar-refractivity contribution in [1.29, 1.82) is 0 Å². The van der Waals surface area contributed by atoms with Crippen LogP contribution in [0.3, 0.4) is 0 Å². The quantitative estimate of drug-likeness (QED) is 0.583. The molecule has 0 amide bonds. The van der Waals surface area contributed by atoms with Gasteiger partial charge in [-0.25, -0.2) is 4.68 Å². The monoisotopic (exact) mass is 367 g/mol. The van der Waals surface area contributed by atoms with E-state index < -0.39 is 0 Å². The maximum atomic E-state index is 6.31. The first-order valence-corrected chi connectivity index (χ1v) is 8.92. The largest absolute Gasteiger partial charge is 0.261 e. The van der Waals surface area contributed by atoms with Gasteiger partial charge in [0.25, 0.3) is 0 Å². The molecular formula is C15H11Cl2N3S2. The minimum atomic E-state index is 0.590. The van der Waals surface area contributed by atoms with Crippen LogP contribution < -0.4 is 4.80 Å². The Morgan fingerprint density at radius 1 is 1.18 bits per heavy atom. The minimum Gasteiger partial charge on any atom is -0.261 e. The Bertz CT molecular complexity index is 877. The second kappa shape index (κ2) is 6.79. The highest BCUT2D eigenvalue weighted by Gasteiger charge is 2.11. The standard InChI is InChI=1S/C15H11Cl2N3S2/c1-18-15-20(19-7-10-4-5-21-8-10)14(9-22-15)12-3-2-11(16)6-13(12)17/h2-9H,1H3/b18-15?,19-7-. The molecule has 7 heteroatoms. The van der Waals surface area contributed by atoms with Crippen LogP contribution in [0, 0.1) is 0 Å². The molecule has 0 saturated carbocycles. The van der Waals surface area contributed by atoms with E-state index in [1.54, 1.807) is 29.1 Å². The van der Waals surface area contributed by atoms with E-state index in [9.17, 15) is 0 Å². The van der Waals surface area contributed by atoms with Crippen molar-refractivity contribution in [3.05, 3.63) is 60.8 Å². The SMILES string of the molecule is CN=c1scc(-c2ccc(Cl)cc2Cl)n1/N=C\c1ccsc1. The fourth-order valence-electron chi connectivity index (χ4n) is 1.92. The molecule has 2 aromatic heterocycles. The van der Waals surface area contributed by atoms with Crippen LogP contribution in [0.2, 0.25) is 10.0 Å². The molecule has 3 aromatic rings. The van der Waals surface area contributed by atoms with Crippen LogP contribution in [-0.4, -0.2) is 17.9 Å². The van der Waals surface area contributed by atoms with E-state index in [-0.39, 0.29) is 0 Å². The number of rotatable bonds is 3.